The molecule has 0 bridgehead atoms. The van der Waals surface area contributed by atoms with Crippen molar-refractivity contribution in [2.75, 3.05) is 33.7 Å². The first-order valence-corrected chi connectivity index (χ1v) is 8.99. The molecule has 2 aromatic rings. The van der Waals surface area contributed by atoms with Crippen molar-refractivity contribution in [3.63, 3.8) is 0 Å². The molecule has 0 aliphatic rings. The fourth-order valence-electron chi connectivity index (χ4n) is 2.24. The van der Waals surface area contributed by atoms with Crippen LogP contribution in [-0.2, 0) is 10.0 Å². The number of hydrogen-bond donors (Lipinski definition) is 2. The van der Waals surface area contributed by atoms with Gasteiger partial charge in [-0.2, -0.15) is 0 Å². The Morgan fingerprint density at radius 3 is 2.15 bits per heavy atom. The van der Waals surface area contributed by atoms with Crippen LogP contribution < -0.4 is 24.2 Å². The maximum atomic E-state index is 12.6. The molecule has 2 N–H and O–H groups in total. The number of amides is 1. The van der Waals surface area contributed by atoms with Crippen molar-refractivity contribution in [2.24, 2.45) is 0 Å². The molecule has 26 heavy (non-hydrogen) atoms. The van der Waals surface area contributed by atoms with E-state index in [2.05, 4.69) is 10.0 Å². The molecule has 0 aliphatic carbocycles. The van der Waals surface area contributed by atoms with E-state index < -0.39 is 15.9 Å². The van der Waals surface area contributed by atoms with Gasteiger partial charge in [0.15, 0.2) is 0 Å². The van der Waals surface area contributed by atoms with E-state index in [1.54, 1.807) is 18.2 Å². The van der Waals surface area contributed by atoms with Crippen molar-refractivity contribution in [3.8, 4) is 17.2 Å². The largest absolute Gasteiger partial charge is 0.497 e. The van der Waals surface area contributed by atoms with Crippen LogP contribution in [0.5, 0.6) is 17.2 Å². The van der Waals surface area contributed by atoms with Gasteiger partial charge in [0.25, 0.3) is 5.91 Å². The standard InChI is InChI=1S/C17H20N2O6S/c1-18-26(21,22)16-9-11(5-7-15(16)25-4)17(20)19-13-10-12(23-2)6-8-14(13)24-3/h5-10,18H,1-4H3,(H,19,20). The summed E-state index contributed by atoms with van der Waals surface area (Å²) in [6, 6.07) is 9.08. The van der Waals surface area contributed by atoms with E-state index in [9.17, 15) is 13.2 Å². The van der Waals surface area contributed by atoms with Crippen molar-refractivity contribution in [1.29, 1.82) is 0 Å². The Hall–Kier alpha value is -2.78. The van der Waals surface area contributed by atoms with Crippen LogP contribution in [0.3, 0.4) is 0 Å². The molecule has 0 heterocycles. The van der Waals surface area contributed by atoms with E-state index in [1.807, 2.05) is 0 Å². The molecule has 0 spiro atoms. The third-order valence-electron chi connectivity index (χ3n) is 3.64. The van der Waals surface area contributed by atoms with Gasteiger partial charge in [-0.05, 0) is 37.4 Å². The van der Waals surface area contributed by atoms with Gasteiger partial charge < -0.3 is 19.5 Å². The van der Waals surface area contributed by atoms with E-state index in [-0.39, 0.29) is 16.2 Å². The van der Waals surface area contributed by atoms with Crippen LogP contribution in [0.4, 0.5) is 5.69 Å². The Labute approximate surface area is 152 Å². The van der Waals surface area contributed by atoms with Gasteiger partial charge in [-0.3, -0.25) is 4.79 Å². The van der Waals surface area contributed by atoms with Crippen molar-refractivity contribution in [1.82, 2.24) is 4.72 Å². The van der Waals surface area contributed by atoms with E-state index >= 15 is 0 Å². The van der Waals surface area contributed by atoms with E-state index in [0.29, 0.717) is 17.2 Å². The highest BCUT2D eigenvalue weighted by atomic mass is 32.2. The summed E-state index contributed by atoms with van der Waals surface area (Å²) in [4.78, 5) is 12.5. The van der Waals surface area contributed by atoms with Crippen LogP contribution in [0.15, 0.2) is 41.3 Å². The van der Waals surface area contributed by atoms with Gasteiger partial charge in [-0.25, -0.2) is 13.1 Å². The van der Waals surface area contributed by atoms with Crippen LogP contribution in [0.2, 0.25) is 0 Å². The minimum atomic E-state index is -3.79. The zero-order valence-corrected chi connectivity index (χ0v) is 15.6. The maximum absolute atomic E-state index is 12.6. The molecule has 0 unspecified atom stereocenters. The van der Waals surface area contributed by atoms with Gasteiger partial charge in [0.05, 0.1) is 27.0 Å². The monoisotopic (exact) mass is 380 g/mol. The minimum absolute atomic E-state index is 0.132. The fourth-order valence-corrected chi connectivity index (χ4v) is 3.16. The zero-order valence-electron chi connectivity index (χ0n) is 14.8. The first kappa shape index (κ1) is 19.5. The Morgan fingerprint density at radius 2 is 1.58 bits per heavy atom. The lowest BCUT2D eigenvalue weighted by Crippen LogP contribution is -2.20. The van der Waals surface area contributed by atoms with Gasteiger partial charge >= 0.3 is 0 Å². The van der Waals surface area contributed by atoms with Crippen LogP contribution in [-0.4, -0.2) is 42.7 Å². The molecule has 140 valence electrons. The summed E-state index contributed by atoms with van der Waals surface area (Å²) in [6.07, 6.45) is 0. The molecule has 2 aromatic carbocycles. The summed E-state index contributed by atoms with van der Waals surface area (Å²) < 4.78 is 41.9. The predicted molar refractivity (Wildman–Crippen MR) is 96.7 cm³/mol. The molecule has 0 saturated carbocycles. The molecule has 0 saturated heterocycles. The van der Waals surface area contributed by atoms with Crippen LogP contribution in [0.25, 0.3) is 0 Å². The number of carbonyl (C=O) groups is 1. The highest BCUT2D eigenvalue weighted by Crippen LogP contribution is 2.30. The van der Waals surface area contributed by atoms with Crippen molar-refractivity contribution < 1.29 is 27.4 Å². The SMILES string of the molecule is CNS(=O)(=O)c1cc(C(=O)Nc2cc(OC)ccc2OC)ccc1OC. The number of anilines is 1. The lowest BCUT2D eigenvalue weighted by atomic mass is 10.2. The molecular formula is C17H20N2O6S. The van der Waals surface area contributed by atoms with E-state index in [1.165, 1.54) is 46.6 Å². The maximum Gasteiger partial charge on any atom is 0.255 e. The summed E-state index contributed by atoms with van der Waals surface area (Å²) in [5.74, 6) is 0.603. The summed E-state index contributed by atoms with van der Waals surface area (Å²) in [6.45, 7) is 0. The number of methoxy groups -OCH3 is 3. The molecule has 9 heteroatoms. The molecular weight excluding hydrogens is 360 g/mol. The summed E-state index contributed by atoms with van der Waals surface area (Å²) in [5.41, 5.74) is 0.537. The Kier molecular flexibility index (Phi) is 6.06. The number of benzene rings is 2. The topological polar surface area (TPSA) is 103 Å². The third kappa shape index (κ3) is 4.06. The fraction of sp³-hybridized carbons (Fsp3) is 0.235. The number of carbonyl (C=O) groups excluding carboxylic acids is 1. The molecule has 0 atom stereocenters. The summed E-state index contributed by atoms with van der Waals surface area (Å²) >= 11 is 0. The molecule has 0 aliphatic heterocycles. The Morgan fingerprint density at radius 1 is 0.923 bits per heavy atom. The van der Waals surface area contributed by atoms with E-state index in [0.717, 1.165) is 0 Å². The van der Waals surface area contributed by atoms with Crippen molar-refractivity contribution in [2.45, 2.75) is 4.90 Å². The van der Waals surface area contributed by atoms with Gasteiger partial charge in [-0.1, -0.05) is 0 Å². The molecule has 1 amide bonds. The second kappa shape index (κ2) is 8.07. The average Bonchev–Trinajstić information content (AvgIpc) is 2.67. The summed E-state index contributed by atoms with van der Waals surface area (Å²) in [5, 5.41) is 2.69. The summed E-state index contributed by atoms with van der Waals surface area (Å²) in [7, 11) is 1.82. The smallest absolute Gasteiger partial charge is 0.255 e. The third-order valence-corrected chi connectivity index (χ3v) is 5.07. The highest BCUT2D eigenvalue weighted by molar-refractivity contribution is 7.89. The molecule has 8 nitrogen and oxygen atoms in total. The first-order chi connectivity index (χ1) is 12.4. The Bertz CT molecular complexity index is 911. The number of rotatable bonds is 7. The molecule has 2 rings (SSSR count). The minimum Gasteiger partial charge on any atom is -0.497 e. The number of hydrogen-bond acceptors (Lipinski definition) is 6. The number of sulfonamides is 1. The normalized spacial score (nSPS) is 10.9. The molecule has 0 fully saturated rings. The lowest BCUT2D eigenvalue weighted by Gasteiger charge is -2.13. The van der Waals surface area contributed by atoms with Gasteiger partial charge in [0, 0.05) is 11.6 Å². The second-order valence-corrected chi connectivity index (χ2v) is 6.95. The number of nitrogens with one attached hydrogen (secondary N) is 2. The Balaban J connectivity index is 2.41. The van der Waals surface area contributed by atoms with Gasteiger partial charge in [0.2, 0.25) is 10.0 Å². The average molecular weight is 380 g/mol. The second-order valence-electron chi connectivity index (χ2n) is 5.09. The van der Waals surface area contributed by atoms with Gasteiger partial charge in [-0.15, -0.1) is 0 Å². The van der Waals surface area contributed by atoms with Gasteiger partial charge in [0.1, 0.15) is 22.1 Å². The van der Waals surface area contributed by atoms with Crippen LogP contribution in [0.1, 0.15) is 10.4 Å². The molecule has 0 aromatic heterocycles. The first-order valence-electron chi connectivity index (χ1n) is 7.51. The quantitative estimate of drug-likeness (QED) is 0.760. The van der Waals surface area contributed by atoms with E-state index in [4.69, 9.17) is 14.2 Å². The highest BCUT2D eigenvalue weighted by Gasteiger charge is 2.20. The van der Waals surface area contributed by atoms with Crippen molar-refractivity contribution in [3.05, 3.63) is 42.0 Å². The van der Waals surface area contributed by atoms with Crippen LogP contribution in [0, 0.1) is 0 Å². The predicted octanol–water partition coefficient (Wildman–Crippen LogP) is 1.87. The zero-order chi connectivity index (χ0) is 19.3. The van der Waals surface area contributed by atoms with Crippen LogP contribution >= 0.6 is 0 Å². The van der Waals surface area contributed by atoms with Crippen molar-refractivity contribution >= 4 is 21.6 Å². The lowest BCUT2D eigenvalue weighted by molar-refractivity contribution is 0.102. The number of ether oxygens (including phenoxy) is 3. The molecule has 0 radical (unpaired) electrons.